The number of rotatable bonds is 6. The van der Waals surface area contributed by atoms with Crippen molar-refractivity contribution >= 4 is 17.4 Å². The fraction of sp³-hybridized carbons (Fsp3) is 0.222. The molecule has 0 radical (unpaired) electrons. The van der Waals surface area contributed by atoms with Crippen LogP contribution in [0.1, 0.15) is 5.56 Å². The maximum Gasteiger partial charge on any atom is 0.318 e. The number of methoxy groups -OCH3 is 3. The van der Waals surface area contributed by atoms with E-state index in [1.807, 2.05) is 6.07 Å². The molecule has 25 heavy (non-hydrogen) atoms. The van der Waals surface area contributed by atoms with Gasteiger partial charge in [0.1, 0.15) is 17.2 Å². The van der Waals surface area contributed by atoms with Crippen molar-refractivity contribution in [2.24, 2.45) is 0 Å². The van der Waals surface area contributed by atoms with E-state index in [0.29, 0.717) is 28.6 Å². The van der Waals surface area contributed by atoms with E-state index in [-0.39, 0.29) is 6.54 Å². The van der Waals surface area contributed by atoms with Crippen molar-refractivity contribution in [1.29, 1.82) is 0 Å². The van der Waals surface area contributed by atoms with Gasteiger partial charge in [-0.2, -0.15) is 0 Å². The normalized spacial score (nSPS) is 9.68. The molecule has 130 valence electrons. The van der Waals surface area contributed by atoms with Crippen LogP contribution in [0.5, 0.6) is 17.2 Å². The molecule has 2 N–H and O–H groups in total. The lowest BCUT2D eigenvalue weighted by Crippen LogP contribution is -2.28. The summed E-state index contributed by atoms with van der Waals surface area (Å²) in [7, 11) is 4.60. The minimum absolute atomic E-state index is 0.251. The van der Waals surface area contributed by atoms with Gasteiger partial charge in [-0.15, -0.1) is 0 Å². The molecule has 0 fully saturated rings. The number of nitrogens with zero attached hydrogens (tertiary/aromatic N) is 1. The Bertz CT molecular complexity index is 799. The Morgan fingerprint density at radius 2 is 1.84 bits per heavy atom. The highest BCUT2D eigenvalue weighted by Crippen LogP contribution is 2.34. The van der Waals surface area contributed by atoms with Gasteiger partial charge in [0.15, 0.2) is 0 Å². The lowest BCUT2D eigenvalue weighted by Gasteiger charge is -2.14. The van der Waals surface area contributed by atoms with E-state index in [0.717, 1.165) is 5.56 Å². The summed E-state index contributed by atoms with van der Waals surface area (Å²) < 4.78 is 15.6. The second-order valence-corrected chi connectivity index (χ2v) is 4.95. The van der Waals surface area contributed by atoms with Gasteiger partial charge in [-0.3, -0.25) is 0 Å². The van der Waals surface area contributed by atoms with Crippen molar-refractivity contribution in [3.63, 3.8) is 0 Å². The average Bonchev–Trinajstić information content (AvgIpc) is 2.66. The number of anilines is 1. The molecule has 2 aromatic rings. The molecule has 7 nitrogen and oxygen atoms in total. The van der Waals surface area contributed by atoms with Crippen molar-refractivity contribution in [3.8, 4) is 17.2 Å². The molecule has 0 aromatic heterocycles. The zero-order valence-corrected chi connectivity index (χ0v) is 14.3. The summed E-state index contributed by atoms with van der Waals surface area (Å²) in [6.45, 7) is 7.45. The largest absolute Gasteiger partial charge is 0.497 e. The first kappa shape index (κ1) is 17.9. The Balaban J connectivity index is 2.09. The zero-order chi connectivity index (χ0) is 18.2. The number of para-hydroxylation sites is 1. The van der Waals surface area contributed by atoms with Gasteiger partial charge in [-0.1, -0.05) is 12.1 Å². The van der Waals surface area contributed by atoms with Crippen LogP contribution in [0.3, 0.4) is 0 Å². The smallest absolute Gasteiger partial charge is 0.318 e. The number of benzene rings is 2. The lowest BCUT2D eigenvalue weighted by atomic mass is 10.2. The van der Waals surface area contributed by atoms with Crippen LogP contribution in [-0.2, 0) is 6.54 Å². The second-order valence-electron chi connectivity index (χ2n) is 4.95. The highest BCUT2D eigenvalue weighted by molar-refractivity contribution is 5.95. The van der Waals surface area contributed by atoms with Gasteiger partial charge < -0.3 is 24.8 Å². The Morgan fingerprint density at radius 3 is 2.48 bits per heavy atom. The van der Waals surface area contributed by atoms with Gasteiger partial charge in [0.2, 0.25) is 5.69 Å². The predicted octanol–water partition coefficient (Wildman–Crippen LogP) is 3.58. The second kappa shape index (κ2) is 8.45. The first-order valence-corrected chi connectivity index (χ1v) is 7.43. The molecule has 2 amide bonds. The van der Waals surface area contributed by atoms with E-state index in [1.165, 1.54) is 7.11 Å². The van der Waals surface area contributed by atoms with E-state index in [1.54, 1.807) is 44.6 Å². The molecule has 0 unspecified atom stereocenters. The van der Waals surface area contributed by atoms with E-state index in [9.17, 15) is 4.79 Å². The van der Waals surface area contributed by atoms with Gasteiger partial charge in [0, 0.05) is 18.2 Å². The third kappa shape index (κ3) is 4.32. The van der Waals surface area contributed by atoms with Crippen LogP contribution >= 0.6 is 0 Å². The molecule has 0 aliphatic carbocycles. The fourth-order valence-corrected chi connectivity index (χ4v) is 2.24. The van der Waals surface area contributed by atoms with E-state index >= 15 is 0 Å². The molecule has 0 heterocycles. The van der Waals surface area contributed by atoms with Gasteiger partial charge in [0.05, 0.1) is 33.6 Å². The number of ether oxygens (including phenoxy) is 3. The van der Waals surface area contributed by atoms with Crippen molar-refractivity contribution in [1.82, 2.24) is 5.32 Å². The van der Waals surface area contributed by atoms with Gasteiger partial charge in [0.25, 0.3) is 0 Å². The lowest BCUT2D eigenvalue weighted by molar-refractivity contribution is 0.251. The number of hydrogen-bond acceptors (Lipinski definition) is 4. The molecule has 0 saturated heterocycles. The monoisotopic (exact) mass is 341 g/mol. The predicted molar refractivity (Wildman–Crippen MR) is 94.7 cm³/mol. The molecule has 2 rings (SSSR count). The molecule has 0 aliphatic heterocycles. The third-order valence-electron chi connectivity index (χ3n) is 3.52. The minimum atomic E-state index is -0.452. The quantitative estimate of drug-likeness (QED) is 0.788. The first-order chi connectivity index (χ1) is 12.1. The average molecular weight is 341 g/mol. The van der Waals surface area contributed by atoms with Crippen LogP contribution in [0.15, 0.2) is 36.4 Å². The summed E-state index contributed by atoms with van der Waals surface area (Å²) in [5.41, 5.74) is 1.43. The summed E-state index contributed by atoms with van der Waals surface area (Å²) in [5.74, 6) is 1.70. The van der Waals surface area contributed by atoms with Crippen LogP contribution in [0.4, 0.5) is 16.2 Å². The van der Waals surface area contributed by atoms with Crippen molar-refractivity contribution in [2.45, 2.75) is 6.54 Å². The number of nitrogens with one attached hydrogen (secondary N) is 2. The summed E-state index contributed by atoms with van der Waals surface area (Å²) in [6.07, 6.45) is 0. The van der Waals surface area contributed by atoms with Crippen molar-refractivity contribution in [2.75, 3.05) is 26.6 Å². The van der Waals surface area contributed by atoms with Crippen LogP contribution < -0.4 is 24.8 Å². The Labute approximate surface area is 146 Å². The van der Waals surface area contributed by atoms with Crippen LogP contribution in [0, 0.1) is 6.57 Å². The van der Waals surface area contributed by atoms with Gasteiger partial charge in [-0.25, -0.2) is 9.64 Å². The summed E-state index contributed by atoms with van der Waals surface area (Å²) in [5, 5.41) is 5.39. The molecule has 0 saturated carbocycles. The Morgan fingerprint density at radius 1 is 1.08 bits per heavy atom. The molecule has 0 atom stereocenters. The SMILES string of the molecule is [C-]#[N+]c1cccc(OC)c1NC(=O)NCc1ccc(OC)cc1OC. The van der Waals surface area contributed by atoms with E-state index in [2.05, 4.69) is 15.5 Å². The third-order valence-corrected chi connectivity index (χ3v) is 3.52. The standard InChI is InChI=1S/C18H19N3O4/c1-19-14-6-5-7-15(24-3)17(14)21-18(22)20-11-12-8-9-13(23-2)10-16(12)25-4/h5-10H,11H2,2-4H3,(H2,20,21,22). The van der Waals surface area contributed by atoms with Gasteiger partial charge >= 0.3 is 6.03 Å². The summed E-state index contributed by atoms with van der Waals surface area (Å²) in [4.78, 5) is 15.6. The van der Waals surface area contributed by atoms with Gasteiger partial charge in [-0.05, 0) is 18.2 Å². The highest BCUT2D eigenvalue weighted by atomic mass is 16.5. The summed E-state index contributed by atoms with van der Waals surface area (Å²) in [6, 6.07) is 9.87. The number of hydrogen-bond donors (Lipinski definition) is 2. The molecule has 0 bridgehead atoms. The summed E-state index contributed by atoms with van der Waals surface area (Å²) >= 11 is 0. The fourth-order valence-electron chi connectivity index (χ4n) is 2.24. The first-order valence-electron chi connectivity index (χ1n) is 7.43. The molecule has 0 spiro atoms. The molecule has 0 aliphatic rings. The number of carbonyl (C=O) groups excluding carboxylic acids is 1. The molecular formula is C18H19N3O4. The van der Waals surface area contributed by atoms with Crippen molar-refractivity contribution < 1.29 is 19.0 Å². The number of amides is 2. The van der Waals surface area contributed by atoms with Crippen molar-refractivity contribution in [3.05, 3.63) is 53.4 Å². The maximum absolute atomic E-state index is 12.2. The number of urea groups is 1. The minimum Gasteiger partial charge on any atom is -0.497 e. The van der Waals surface area contributed by atoms with E-state index < -0.39 is 6.03 Å². The Hall–Kier alpha value is -3.40. The Kier molecular flexibility index (Phi) is 6.07. The topological polar surface area (TPSA) is 73.2 Å². The maximum atomic E-state index is 12.2. The van der Waals surface area contributed by atoms with Crippen LogP contribution in [0.2, 0.25) is 0 Å². The van der Waals surface area contributed by atoms with Crippen LogP contribution in [-0.4, -0.2) is 27.4 Å². The zero-order valence-electron chi connectivity index (χ0n) is 14.3. The molecule has 7 heteroatoms. The highest BCUT2D eigenvalue weighted by Gasteiger charge is 2.13. The number of carbonyl (C=O) groups is 1. The van der Waals surface area contributed by atoms with E-state index in [4.69, 9.17) is 20.8 Å². The van der Waals surface area contributed by atoms with Crippen LogP contribution in [0.25, 0.3) is 4.85 Å². The molecular weight excluding hydrogens is 322 g/mol. The molecule has 2 aromatic carbocycles.